The lowest BCUT2D eigenvalue weighted by Crippen LogP contribution is -2.22. The number of carbonyl (C=O) groups is 1. The Morgan fingerprint density at radius 3 is 2.80 bits per heavy atom. The topological polar surface area (TPSA) is 87.7 Å². The van der Waals surface area contributed by atoms with Gasteiger partial charge in [-0.3, -0.25) is 0 Å². The Balaban J connectivity index is 2.91. The molecule has 0 saturated carbocycles. The normalized spacial score (nSPS) is 11.2. The van der Waals surface area contributed by atoms with Crippen LogP contribution in [0.25, 0.3) is 0 Å². The summed E-state index contributed by atoms with van der Waals surface area (Å²) in [7, 11) is 0. The van der Waals surface area contributed by atoms with Crippen LogP contribution in [0.5, 0.6) is 0 Å². The molecular formula is C8H7ClFN3O2. The first kappa shape index (κ1) is 11.3. The second-order valence-electron chi connectivity index (χ2n) is 2.54. The van der Waals surface area contributed by atoms with E-state index in [0.717, 1.165) is 6.07 Å². The van der Waals surface area contributed by atoms with Crippen LogP contribution in [0, 0.1) is 5.82 Å². The number of halogens is 2. The van der Waals surface area contributed by atoms with Gasteiger partial charge < -0.3 is 10.8 Å². The summed E-state index contributed by atoms with van der Waals surface area (Å²) in [5, 5.41) is 11.5. The molecule has 1 amide bonds. The number of hydrogen-bond acceptors (Lipinski definition) is 2. The van der Waals surface area contributed by atoms with E-state index in [1.54, 1.807) is 5.43 Å². The van der Waals surface area contributed by atoms with Crippen LogP contribution in [0.3, 0.4) is 0 Å². The van der Waals surface area contributed by atoms with Gasteiger partial charge in [-0.15, -0.1) is 0 Å². The Morgan fingerprint density at radius 1 is 1.60 bits per heavy atom. The number of hydrogen-bond donors (Lipinski definition) is 3. The molecule has 15 heavy (non-hydrogen) atoms. The van der Waals surface area contributed by atoms with Crippen LogP contribution in [0.1, 0.15) is 5.56 Å². The highest BCUT2D eigenvalue weighted by Gasteiger charge is 2.04. The van der Waals surface area contributed by atoms with Crippen molar-refractivity contribution in [2.24, 2.45) is 10.8 Å². The molecule has 1 aromatic rings. The van der Waals surface area contributed by atoms with Gasteiger partial charge in [0.1, 0.15) is 5.82 Å². The zero-order chi connectivity index (χ0) is 11.4. The van der Waals surface area contributed by atoms with Crippen molar-refractivity contribution in [3.8, 4) is 0 Å². The first-order valence-corrected chi connectivity index (χ1v) is 4.16. The van der Waals surface area contributed by atoms with E-state index in [9.17, 15) is 9.18 Å². The molecule has 0 aliphatic carbocycles. The van der Waals surface area contributed by atoms with Crippen molar-refractivity contribution < 1.29 is 14.3 Å². The lowest BCUT2D eigenvalue weighted by Gasteiger charge is -2.01. The fourth-order valence-corrected chi connectivity index (χ4v) is 0.946. The van der Waals surface area contributed by atoms with E-state index >= 15 is 0 Å². The number of carboxylic acid groups (broad SMARTS) is 1. The van der Waals surface area contributed by atoms with Gasteiger partial charge in [-0.2, -0.15) is 5.10 Å². The second kappa shape index (κ2) is 4.61. The number of hydrazone groups is 1. The highest BCUT2D eigenvalue weighted by atomic mass is 35.5. The van der Waals surface area contributed by atoms with Gasteiger partial charge in [-0.05, 0) is 18.2 Å². The molecule has 0 atom stereocenters. The first-order valence-electron chi connectivity index (χ1n) is 3.78. The lowest BCUT2D eigenvalue weighted by atomic mass is 10.2. The van der Waals surface area contributed by atoms with E-state index in [2.05, 4.69) is 5.10 Å². The molecule has 0 aliphatic heterocycles. The molecule has 0 heterocycles. The molecule has 0 bridgehead atoms. The van der Waals surface area contributed by atoms with Crippen molar-refractivity contribution in [1.29, 1.82) is 0 Å². The lowest BCUT2D eigenvalue weighted by molar-refractivity contribution is 0.195. The minimum atomic E-state index is -1.35. The van der Waals surface area contributed by atoms with Gasteiger partial charge >= 0.3 is 6.09 Å². The molecule has 0 fully saturated rings. The van der Waals surface area contributed by atoms with Crippen molar-refractivity contribution in [2.75, 3.05) is 0 Å². The summed E-state index contributed by atoms with van der Waals surface area (Å²) in [6.07, 6.45) is -1.35. The van der Waals surface area contributed by atoms with E-state index < -0.39 is 11.9 Å². The molecule has 1 rings (SSSR count). The van der Waals surface area contributed by atoms with Crippen LogP contribution in [0.15, 0.2) is 23.3 Å². The zero-order valence-corrected chi connectivity index (χ0v) is 8.12. The maximum Gasteiger partial charge on any atom is 0.425 e. The van der Waals surface area contributed by atoms with Crippen LogP contribution >= 0.6 is 11.6 Å². The fraction of sp³-hybridized carbons (Fsp3) is 0. The fourth-order valence-electron chi connectivity index (χ4n) is 0.828. The summed E-state index contributed by atoms with van der Waals surface area (Å²) >= 11 is 5.45. The second-order valence-corrected chi connectivity index (χ2v) is 2.95. The Bertz CT molecular complexity index is 422. The number of nitrogens with two attached hydrogens (primary N) is 1. The number of amides is 1. The molecule has 0 aliphatic rings. The summed E-state index contributed by atoms with van der Waals surface area (Å²) in [6, 6.07) is 3.79. The van der Waals surface area contributed by atoms with Crippen LogP contribution < -0.4 is 11.2 Å². The number of rotatable bonds is 2. The highest BCUT2D eigenvalue weighted by Crippen LogP contribution is 2.15. The minimum Gasteiger partial charge on any atom is -0.464 e. The van der Waals surface area contributed by atoms with Crippen LogP contribution in [-0.2, 0) is 0 Å². The predicted octanol–water partition coefficient (Wildman–Crippen LogP) is 1.37. The Labute approximate surface area is 89.3 Å². The average molecular weight is 232 g/mol. The van der Waals surface area contributed by atoms with Gasteiger partial charge in [-0.1, -0.05) is 11.6 Å². The first-order chi connectivity index (χ1) is 7.00. The Kier molecular flexibility index (Phi) is 3.46. The van der Waals surface area contributed by atoms with Gasteiger partial charge in [0.25, 0.3) is 0 Å². The quantitative estimate of drug-likeness (QED) is 0.408. The van der Waals surface area contributed by atoms with Gasteiger partial charge in [-0.25, -0.2) is 14.6 Å². The van der Waals surface area contributed by atoms with Crippen molar-refractivity contribution in [2.45, 2.75) is 0 Å². The number of benzene rings is 1. The van der Waals surface area contributed by atoms with E-state index in [1.165, 1.54) is 12.1 Å². The highest BCUT2D eigenvalue weighted by molar-refractivity contribution is 6.30. The molecule has 0 saturated heterocycles. The van der Waals surface area contributed by atoms with Gasteiger partial charge in [0.05, 0.1) is 5.02 Å². The van der Waals surface area contributed by atoms with E-state index in [-0.39, 0.29) is 16.4 Å². The molecule has 7 heteroatoms. The molecule has 0 radical (unpaired) electrons. The largest absolute Gasteiger partial charge is 0.464 e. The Morgan fingerprint density at radius 2 is 2.27 bits per heavy atom. The number of nitrogens with zero attached hydrogens (tertiary/aromatic N) is 1. The third-order valence-corrected chi connectivity index (χ3v) is 1.79. The monoisotopic (exact) mass is 231 g/mol. The van der Waals surface area contributed by atoms with E-state index in [1.807, 2.05) is 0 Å². The third kappa shape index (κ3) is 3.10. The van der Waals surface area contributed by atoms with Crippen LogP contribution in [-0.4, -0.2) is 17.0 Å². The maximum atomic E-state index is 13.0. The summed E-state index contributed by atoms with van der Waals surface area (Å²) in [5.41, 5.74) is 7.32. The van der Waals surface area contributed by atoms with Gasteiger partial charge in [0.15, 0.2) is 5.84 Å². The van der Waals surface area contributed by atoms with Crippen LogP contribution in [0.4, 0.5) is 9.18 Å². The van der Waals surface area contributed by atoms with Gasteiger partial charge in [0, 0.05) is 5.56 Å². The van der Waals surface area contributed by atoms with Crippen molar-refractivity contribution in [1.82, 2.24) is 5.43 Å². The maximum absolute atomic E-state index is 13.0. The number of amidine groups is 1. The number of nitrogens with one attached hydrogen (secondary N) is 1. The van der Waals surface area contributed by atoms with Crippen LogP contribution in [0.2, 0.25) is 5.02 Å². The molecule has 80 valence electrons. The molecular weight excluding hydrogens is 225 g/mol. The zero-order valence-electron chi connectivity index (χ0n) is 7.37. The summed E-state index contributed by atoms with van der Waals surface area (Å²) in [5.74, 6) is -0.796. The van der Waals surface area contributed by atoms with E-state index in [4.69, 9.17) is 22.4 Å². The molecule has 0 aromatic heterocycles. The minimum absolute atomic E-state index is 0.0438. The SMILES string of the molecule is NC(=NNC(=O)O)c1ccc(Cl)c(F)c1. The average Bonchev–Trinajstić information content (AvgIpc) is 2.18. The molecule has 4 N–H and O–H groups in total. The van der Waals surface area contributed by atoms with E-state index in [0.29, 0.717) is 0 Å². The molecule has 0 unspecified atom stereocenters. The van der Waals surface area contributed by atoms with Gasteiger partial charge in [0.2, 0.25) is 0 Å². The van der Waals surface area contributed by atoms with Crippen molar-refractivity contribution in [3.63, 3.8) is 0 Å². The predicted molar refractivity (Wildman–Crippen MR) is 53.3 cm³/mol. The summed E-state index contributed by atoms with van der Waals surface area (Å²) in [6.45, 7) is 0. The third-order valence-electron chi connectivity index (χ3n) is 1.49. The molecule has 5 nitrogen and oxygen atoms in total. The summed E-state index contributed by atoms with van der Waals surface area (Å²) in [4.78, 5) is 10.1. The molecule has 0 spiro atoms. The summed E-state index contributed by atoms with van der Waals surface area (Å²) < 4.78 is 13.0. The van der Waals surface area contributed by atoms with Crippen molar-refractivity contribution in [3.05, 3.63) is 34.6 Å². The Hall–Kier alpha value is -1.82. The smallest absolute Gasteiger partial charge is 0.425 e. The standard InChI is InChI=1S/C8H7ClFN3O2/c9-5-2-1-4(3-6(5)10)7(11)12-13-8(14)15/h1-3,13H,(H2,11,12)(H,14,15). The molecule has 1 aromatic carbocycles. The van der Waals surface area contributed by atoms with Crippen molar-refractivity contribution >= 4 is 23.5 Å².